The summed E-state index contributed by atoms with van der Waals surface area (Å²) in [5.41, 5.74) is 1.29. The molecule has 3 rings (SSSR count). The molecule has 1 aromatic carbocycles. The van der Waals surface area contributed by atoms with Gasteiger partial charge in [0.15, 0.2) is 0 Å². The van der Waals surface area contributed by atoms with Gasteiger partial charge < -0.3 is 9.84 Å². The number of benzene rings is 1. The number of fused-ring (bicyclic) bond motifs is 1. The summed E-state index contributed by atoms with van der Waals surface area (Å²) >= 11 is 0. The van der Waals surface area contributed by atoms with Crippen molar-refractivity contribution in [2.45, 2.75) is 31.7 Å². The molecule has 2 atom stereocenters. The van der Waals surface area contributed by atoms with Gasteiger partial charge in [-0.2, -0.15) is 0 Å². The lowest BCUT2D eigenvalue weighted by molar-refractivity contribution is -0.137. The van der Waals surface area contributed by atoms with Crippen LogP contribution in [-0.2, 0) is 4.79 Å². The van der Waals surface area contributed by atoms with Gasteiger partial charge in [-0.3, -0.25) is 9.69 Å². The highest BCUT2D eigenvalue weighted by Crippen LogP contribution is 2.38. The van der Waals surface area contributed by atoms with Crippen molar-refractivity contribution in [3.05, 3.63) is 29.8 Å². The van der Waals surface area contributed by atoms with Crippen LogP contribution < -0.4 is 4.74 Å². The van der Waals surface area contributed by atoms with E-state index in [4.69, 9.17) is 9.84 Å². The highest BCUT2D eigenvalue weighted by atomic mass is 16.5. The molecule has 1 N–H and O–H groups in total. The molecule has 1 aromatic rings. The van der Waals surface area contributed by atoms with Crippen LogP contribution in [0.5, 0.6) is 5.75 Å². The van der Waals surface area contributed by atoms with Crippen molar-refractivity contribution in [3.63, 3.8) is 0 Å². The van der Waals surface area contributed by atoms with Crippen LogP contribution in [0.15, 0.2) is 24.3 Å². The third kappa shape index (κ3) is 2.80. The molecule has 2 aliphatic heterocycles. The first-order valence-electron chi connectivity index (χ1n) is 7.41. The van der Waals surface area contributed by atoms with Crippen LogP contribution in [0.3, 0.4) is 0 Å². The number of carboxylic acid groups (broad SMARTS) is 1. The SMILES string of the molecule is O=C(O)CCC1CCN(C2CCOc3ccccc32)C1. The zero-order chi connectivity index (χ0) is 13.9. The molecule has 1 fully saturated rings. The Morgan fingerprint density at radius 3 is 3.05 bits per heavy atom. The molecule has 0 spiro atoms. The number of nitrogens with zero attached hydrogens (tertiary/aromatic N) is 1. The Hall–Kier alpha value is -1.55. The van der Waals surface area contributed by atoms with Gasteiger partial charge in [-0.25, -0.2) is 0 Å². The summed E-state index contributed by atoms with van der Waals surface area (Å²) in [6.45, 7) is 2.87. The Morgan fingerprint density at radius 2 is 2.20 bits per heavy atom. The summed E-state index contributed by atoms with van der Waals surface area (Å²) < 4.78 is 5.71. The van der Waals surface area contributed by atoms with Crippen molar-refractivity contribution in [1.29, 1.82) is 0 Å². The van der Waals surface area contributed by atoms with E-state index in [-0.39, 0.29) is 0 Å². The van der Waals surface area contributed by atoms with Crippen LogP contribution >= 0.6 is 0 Å². The molecule has 20 heavy (non-hydrogen) atoms. The lowest BCUT2D eigenvalue weighted by Gasteiger charge is -2.33. The third-order valence-electron chi connectivity index (χ3n) is 4.45. The van der Waals surface area contributed by atoms with E-state index >= 15 is 0 Å². The number of carbonyl (C=O) groups is 1. The van der Waals surface area contributed by atoms with Gasteiger partial charge >= 0.3 is 5.97 Å². The van der Waals surface area contributed by atoms with Crippen LogP contribution in [0.25, 0.3) is 0 Å². The predicted octanol–water partition coefficient (Wildman–Crippen LogP) is 2.70. The second-order valence-corrected chi connectivity index (χ2v) is 5.77. The van der Waals surface area contributed by atoms with E-state index in [1.807, 2.05) is 12.1 Å². The minimum atomic E-state index is -0.681. The fourth-order valence-electron chi connectivity index (χ4n) is 3.41. The van der Waals surface area contributed by atoms with Crippen molar-refractivity contribution < 1.29 is 14.6 Å². The van der Waals surface area contributed by atoms with Gasteiger partial charge in [0.25, 0.3) is 0 Å². The average Bonchev–Trinajstić information content (AvgIpc) is 2.93. The van der Waals surface area contributed by atoms with E-state index in [1.54, 1.807) is 0 Å². The van der Waals surface area contributed by atoms with Gasteiger partial charge in [0.2, 0.25) is 0 Å². The topological polar surface area (TPSA) is 49.8 Å². The van der Waals surface area contributed by atoms with Gasteiger partial charge in [-0.15, -0.1) is 0 Å². The number of likely N-dealkylation sites (tertiary alicyclic amines) is 1. The van der Waals surface area contributed by atoms with Gasteiger partial charge in [0, 0.05) is 31.0 Å². The van der Waals surface area contributed by atoms with Crippen molar-refractivity contribution >= 4 is 5.97 Å². The minimum Gasteiger partial charge on any atom is -0.493 e. The summed E-state index contributed by atoms with van der Waals surface area (Å²) in [5, 5.41) is 8.79. The standard InChI is InChI=1S/C16H21NO3/c18-16(19)6-5-12-7-9-17(11-12)14-8-10-20-15-4-2-1-3-13(14)15/h1-4,12,14H,5-11H2,(H,18,19). The van der Waals surface area contributed by atoms with Crippen molar-refractivity contribution in [3.8, 4) is 5.75 Å². The monoisotopic (exact) mass is 275 g/mol. The summed E-state index contributed by atoms with van der Waals surface area (Å²) in [6.07, 6.45) is 3.25. The first-order chi connectivity index (χ1) is 9.74. The molecule has 1 saturated heterocycles. The van der Waals surface area contributed by atoms with Gasteiger partial charge in [0.1, 0.15) is 5.75 Å². The Morgan fingerprint density at radius 1 is 1.35 bits per heavy atom. The highest BCUT2D eigenvalue weighted by molar-refractivity contribution is 5.66. The maximum absolute atomic E-state index is 10.7. The number of hydrogen-bond donors (Lipinski definition) is 1. The van der Waals surface area contributed by atoms with Gasteiger partial charge in [-0.05, 0) is 31.4 Å². The number of rotatable bonds is 4. The van der Waals surface area contributed by atoms with E-state index < -0.39 is 5.97 Å². The third-order valence-corrected chi connectivity index (χ3v) is 4.45. The molecular formula is C16H21NO3. The molecule has 4 heteroatoms. The van der Waals surface area contributed by atoms with Crippen LogP contribution in [0.4, 0.5) is 0 Å². The van der Waals surface area contributed by atoms with Crippen LogP contribution in [0.1, 0.15) is 37.3 Å². The Kier molecular flexibility index (Phi) is 3.92. The molecule has 0 saturated carbocycles. The maximum atomic E-state index is 10.7. The van der Waals surface area contributed by atoms with E-state index in [0.29, 0.717) is 18.4 Å². The average molecular weight is 275 g/mol. The number of ether oxygens (including phenoxy) is 1. The van der Waals surface area contributed by atoms with E-state index in [0.717, 1.165) is 44.7 Å². The van der Waals surface area contributed by atoms with Crippen molar-refractivity contribution in [1.82, 2.24) is 4.90 Å². The van der Waals surface area contributed by atoms with Crippen LogP contribution in [0.2, 0.25) is 0 Å². The van der Waals surface area contributed by atoms with Crippen LogP contribution in [0, 0.1) is 5.92 Å². The van der Waals surface area contributed by atoms with Gasteiger partial charge in [-0.1, -0.05) is 18.2 Å². The second kappa shape index (κ2) is 5.83. The van der Waals surface area contributed by atoms with Gasteiger partial charge in [0.05, 0.1) is 6.61 Å². The smallest absolute Gasteiger partial charge is 0.303 e. The van der Waals surface area contributed by atoms with E-state index in [9.17, 15) is 4.79 Å². The predicted molar refractivity (Wildman–Crippen MR) is 75.8 cm³/mol. The fourth-order valence-corrected chi connectivity index (χ4v) is 3.41. The summed E-state index contributed by atoms with van der Waals surface area (Å²) in [6, 6.07) is 8.72. The molecule has 0 aliphatic carbocycles. The number of carboxylic acids is 1. The Labute approximate surface area is 119 Å². The quantitative estimate of drug-likeness (QED) is 0.918. The largest absolute Gasteiger partial charge is 0.493 e. The molecule has 4 nitrogen and oxygen atoms in total. The number of aliphatic carboxylic acids is 1. The van der Waals surface area contributed by atoms with Crippen LogP contribution in [-0.4, -0.2) is 35.7 Å². The highest BCUT2D eigenvalue weighted by Gasteiger charge is 2.32. The molecule has 0 bridgehead atoms. The fraction of sp³-hybridized carbons (Fsp3) is 0.562. The molecule has 2 heterocycles. The Bertz CT molecular complexity index is 488. The molecule has 2 aliphatic rings. The zero-order valence-corrected chi connectivity index (χ0v) is 11.6. The maximum Gasteiger partial charge on any atom is 0.303 e. The summed E-state index contributed by atoms with van der Waals surface area (Å²) in [4.78, 5) is 13.2. The van der Waals surface area contributed by atoms with Crippen molar-refractivity contribution in [2.24, 2.45) is 5.92 Å². The van der Waals surface area contributed by atoms with E-state index in [1.165, 1.54) is 5.56 Å². The molecule has 0 aromatic heterocycles. The summed E-state index contributed by atoms with van der Waals surface area (Å²) in [7, 11) is 0. The molecule has 108 valence electrons. The minimum absolute atomic E-state index is 0.295. The Balaban J connectivity index is 1.65. The number of para-hydroxylation sites is 1. The second-order valence-electron chi connectivity index (χ2n) is 5.77. The first-order valence-corrected chi connectivity index (χ1v) is 7.41. The van der Waals surface area contributed by atoms with Crippen molar-refractivity contribution in [2.75, 3.05) is 19.7 Å². The molecule has 2 unspecified atom stereocenters. The first kappa shape index (κ1) is 13.4. The van der Waals surface area contributed by atoms with E-state index in [2.05, 4.69) is 17.0 Å². The normalized spacial score (nSPS) is 26.0. The summed E-state index contributed by atoms with van der Waals surface area (Å²) in [5.74, 6) is 0.860. The lowest BCUT2D eigenvalue weighted by atomic mass is 9.99. The number of hydrogen-bond acceptors (Lipinski definition) is 3. The molecular weight excluding hydrogens is 254 g/mol. The molecule has 0 radical (unpaired) electrons. The molecule has 0 amide bonds. The lowest BCUT2D eigenvalue weighted by Crippen LogP contribution is -2.30. The zero-order valence-electron chi connectivity index (χ0n) is 11.6.